The van der Waals surface area contributed by atoms with E-state index >= 15 is 0 Å². The van der Waals surface area contributed by atoms with E-state index in [1.54, 1.807) is 0 Å². The summed E-state index contributed by atoms with van der Waals surface area (Å²) in [6.45, 7) is 3.01. The van der Waals surface area contributed by atoms with Crippen molar-refractivity contribution in [2.75, 3.05) is 6.54 Å². The molecule has 1 aliphatic rings. The van der Waals surface area contributed by atoms with E-state index in [9.17, 15) is 0 Å². The molecule has 0 aliphatic heterocycles. The highest BCUT2D eigenvalue weighted by Crippen LogP contribution is 2.31. The maximum Gasteiger partial charge on any atom is 0.0624 e. The first-order chi connectivity index (χ1) is 8.24. The third kappa shape index (κ3) is 2.89. The van der Waals surface area contributed by atoms with Crippen LogP contribution in [0.15, 0.2) is 6.07 Å². The number of nitrogens with zero attached hydrogens (tertiary/aromatic N) is 2. The van der Waals surface area contributed by atoms with Gasteiger partial charge in [-0.05, 0) is 50.1 Å². The molecule has 0 bridgehead atoms. The van der Waals surface area contributed by atoms with Crippen LogP contribution in [0.4, 0.5) is 0 Å². The number of hydrogen-bond acceptors (Lipinski definition) is 2. The van der Waals surface area contributed by atoms with E-state index in [1.165, 1.54) is 37.1 Å². The fourth-order valence-electron chi connectivity index (χ4n) is 3.07. The molecule has 17 heavy (non-hydrogen) atoms. The summed E-state index contributed by atoms with van der Waals surface area (Å²) in [6.07, 6.45) is 7.59. The van der Waals surface area contributed by atoms with Crippen LogP contribution < -0.4 is 5.73 Å². The van der Waals surface area contributed by atoms with E-state index in [4.69, 9.17) is 5.73 Å². The predicted molar refractivity (Wildman–Crippen MR) is 70.8 cm³/mol. The van der Waals surface area contributed by atoms with Crippen LogP contribution in [-0.4, -0.2) is 16.3 Å². The molecule has 0 spiro atoms. The van der Waals surface area contributed by atoms with Crippen LogP contribution in [0.5, 0.6) is 0 Å². The van der Waals surface area contributed by atoms with Crippen LogP contribution in [0.3, 0.4) is 0 Å². The van der Waals surface area contributed by atoms with Gasteiger partial charge in [0.2, 0.25) is 0 Å². The quantitative estimate of drug-likeness (QED) is 0.870. The number of hydrogen-bond donors (Lipinski definition) is 1. The third-order valence-corrected chi connectivity index (χ3v) is 4.23. The predicted octanol–water partition coefficient (Wildman–Crippen LogP) is 2.29. The zero-order valence-corrected chi connectivity index (χ0v) is 11.2. The van der Waals surface area contributed by atoms with Crippen molar-refractivity contribution in [3.8, 4) is 0 Å². The largest absolute Gasteiger partial charge is 0.330 e. The first kappa shape index (κ1) is 12.6. The Labute approximate surface area is 104 Å². The van der Waals surface area contributed by atoms with E-state index in [1.807, 2.05) is 0 Å². The second-order valence-corrected chi connectivity index (χ2v) is 5.35. The lowest BCUT2D eigenvalue weighted by molar-refractivity contribution is 0.239. The van der Waals surface area contributed by atoms with Crippen molar-refractivity contribution in [3.63, 3.8) is 0 Å². The highest BCUT2D eigenvalue weighted by Gasteiger charge is 2.25. The summed E-state index contributed by atoms with van der Waals surface area (Å²) >= 11 is 0. The van der Waals surface area contributed by atoms with Crippen LogP contribution in [0.25, 0.3) is 0 Å². The minimum absolute atomic E-state index is 0.726. The van der Waals surface area contributed by atoms with Crippen molar-refractivity contribution in [2.45, 2.75) is 45.4 Å². The molecular weight excluding hydrogens is 210 g/mol. The zero-order valence-electron chi connectivity index (χ0n) is 11.2. The summed E-state index contributed by atoms with van der Waals surface area (Å²) in [5.41, 5.74) is 8.49. The topological polar surface area (TPSA) is 43.8 Å². The number of rotatable bonds is 4. The average Bonchev–Trinajstić information content (AvgIpc) is 2.71. The molecule has 2 N–H and O–H groups in total. The minimum atomic E-state index is 0.726. The number of nitrogens with two attached hydrogens (primary N) is 1. The van der Waals surface area contributed by atoms with Crippen molar-refractivity contribution < 1.29 is 0 Å². The second kappa shape index (κ2) is 5.67. The van der Waals surface area contributed by atoms with Gasteiger partial charge in [0.05, 0.1) is 5.69 Å². The summed E-state index contributed by atoms with van der Waals surface area (Å²) in [6, 6.07) is 2.27. The Morgan fingerprint density at radius 1 is 1.35 bits per heavy atom. The fourth-order valence-corrected chi connectivity index (χ4v) is 3.07. The molecule has 0 saturated heterocycles. The Morgan fingerprint density at radius 2 is 2.06 bits per heavy atom. The summed E-state index contributed by atoms with van der Waals surface area (Å²) < 4.78 is 2.06. The zero-order chi connectivity index (χ0) is 12.3. The number of aryl methyl sites for hydroxylation is 2. The van der Waals surface area contributed by atoms with Crippen molar-refractivity contribution in [2.24, 2.45) is 24.6 Å². The molecule has 96 valence electrons. The Bertz CT molecular complexity index is 356. The van der Waals surface area contributed by atoms with Crippen LogP contribution in [0, 0.1) is 11.8 Å². The molecule has 0 aromatic carbocycles. The molecular formula is C14H25N3. The van der Waals surface area contributed by atoms with Gasteiger partial charge in [0, 0.05) is 12.7 Å². The molecule has 2 atom stereocenters. The average molecular weight is 235 g/mol. The summed E-state index contributed by atoms with van der Waals surface area (Å²) in [7, 11) is 2.06. The molecule has 1 saturated carbocycles. The van der Waals surface area contributed by atoms with E-state index in [0.29, 0.717) is 0 Å². The normalized spacial score (nSPS) is 25.1. The van der Waals surface area contributed by atoms with E-state index in [0.717, 1.165) is 31.2 Å². The third-order valence-electron chi connectivity index (χ3n) is 4.23. The van der Waals surface area contributed by atoms with Crippen molar-refractivity contribution >= 4 is 0 Å². The SMILES string of the molecule is CCc1cc(CC2CCCCC2CN)n(C)n1. The molecule has 0 amide bonds. The Kier molecular flexibility index (Phi) is 4.21. The molecule has 2 rings (SSSR count). The van der Waals surface area contributed by atoms with Crippen molar-refractivity contribution in [3.05, 3.63) is 17.5 Å². The van der Waals surface area contributed by atoms with Crippen LogP contribution in [0.1, 0.15) is 44.0 Å². The Morgan fingerprint density at radius 3 is 2.65 bits per heavy atom. The summed E-state index contributed by atoms with van der Waals surface area (Å²) in [5, 5.41) is 4.53. The Balaban J connectivity index is 2.05. The standard InChI is InChI=1S/C14H25N3/c1-3-13-9-14(17(2)16-13)8-11-6-4-5-7-12(11)10-15/h9,11-12H,3-8,10,15H2,1-2H3. The monoisotopic (exact) mass is 235 g/mol. The van der Waals surface area contributed by atoms with E-state index in [2.05, 4.69) is 29.8 Å². The summed E-state index contributed by atoms with van der Waals surface area (Å²) in [4.78, 5) is 0. The van der Waals surface area contributed by atoms with Gasteiger partial charge in [-0.1, -0.05) is 19.8 Å². The molecule has 1 aliphatic carbocycles. The van der Waals surface area contributed by atoms with Gasteiger partial charge < -0.3 is 5.73 Å². The van der Waals surface area contributed by atoms with Gasteiger partial charge in [0.25, 0.3) is 0 Å². The maximum atomic E-state index is 5.89. The molecule has 3 heteroatoms. The van der Waals surface area contributed by atoms with E-state index < -0.39 is 0 Å². The van der Waals surface area contributed by atoms with Crippen molar-refractivity contribution in [1.82, 2.24) is 9.78 Å². The lowest BCUT2D eigenvalue weighted by Gasteiger charge is -2.30. The molecule has 1 aromatic rings. The maximum absolute atomic E-state index is 5.89. The van der Waals surface area contributed by atoms with Crippen molar-refractivity contribution in [1.29, 1.82) is 0 Å². The van der Waals surface area contributed by atoms with Gasteiger partial charge in [-0.15, -0.1) is 0 Å². The van der Waals surface area contributed by atoms with Gasteiger partial charge in [-0.2, -0.15) is 5.10 Å². The van der Waals surface area contributed by atoms with Gasteiger partial charge in [0.15, 0.2) is 0 Å². The van der Waals surface area contributed by atoms with Gasteiger partial charge in [-0.25, -0.2) is 0 Å². The molecule has 1 heterocycles. The fraction of sp³-hybridized carbons (Fsp3) is 0.786. The Hall–Kier alpha value is -0.830. The number of aromatic nitrogens is 2. The highest BCUT2D eigenvalue weighted by atomic mass is 15.3. The van der Waals surface area contributed by atoms with Crippen LogP contribution >= 0.6 is 0 Å². The van der Waals surface area contributed by atoms with Crippen LogP contribution in [0.2, 0.25) is 0 Å². The van der Waals surface area contributed by atoms with Gasteiger partial charge in [-0.3, -0.25) is 4.68 Å². The smallest absolute Gasteiger partial charge is 0.0624 e. The lowest BCUT2D eigenvalue weighted by Crippen LogP contribution is -2.28. The molecule has 0 radical (unpaired) electrons. The lowest BCUT2D eigenvalue weighted by atomic mass is 9.77. The minimum Gasteiger partial charge on any atom is -0.330 e. The first-order valence-electron chi connectivity index (χ1n) is 6.96. The molecule has 1 aromatic heterocycles. The van der Waals surface area contributed by atoms with Crippen LogP contribution in [-0.2, 0) is 19.9 Å². The summed E-state index contributed by atoms with van der Waals surface area (Å²) in [5.74, 6) is 1.50. The molecule has 3 nitrogen and oxygen atoms in total. The second-order valence-electron chi connectivity index (χ2n) is 5.35. The molecule has 1 fully saturated rings. The van der Waals surface area contributed by atoms with Gasteiger partial charge in [0.1, 0.15) is 0 Å². The molecule has 2 unspecified atom stereocenters. The van der Waals surface area contributed by atoms with E-state index in [-0.39, 0.29) is 0 Å². The first-order valence-corrected chi connectivity index (χ1v) is 6.96. The highest BCUT2D eigenvalue weighted by molar-refractivity contribution is 5.11. The van der Waals surface area contributed by atoms with Gasteiger partial charge >= 0.3 is 0 Å².